The molecule has 1 atom stereocenters. The number of carbonyl (C=O) groups excluding carboxylic acids is 3. The average Bonchev–Trinajstić information content (AvgIpc) is 3.87. The number of carbonyl (C=O) groups is 3. The van der Waals surface area contributed by atoms with E-state index < -0.39 is 10.8 Å². The third kappa shape index (κ3) is 10.5. The Hall–Kier alpha value is -6.29. The van der Waals surface area contributed by atoms with E-state index in [0.717, 1.165) is 31.5 Å². The lowest BCUT2D eigenvalue weighted by Crippen LogP contribution is -2.74. The summed E-state index contributed by atoms with van der Waals surface area (Å²) in [4.78, 5) is 63.6. The molecule has 18 nitrogen and oxygen atoms in total. The number of halogens is 1. The maximum Gasteiger partial charge on any atom is 0.254 e. The molecular weight excluding hydrogens is 890 g/mol. The van der Waals surface area contributed by atoms with Crippen molar-refractivity contribution in [2.75, 3.05) is 80.7 Å². The van der Waals surface area contributed by atoms with Crippen molar-refractivity contribution in [1.29, 1.82) is 5.26 Å². The van der Waals surface area contributed by atoms with E-state index in [1.807, 2.05) is 46.6 Å². The number of nitrogens with one attached hydrogen (secondary N) is 3. The summed E-state index contributed by atoms with van der Waals surface area (Å²) in [5.41, 5.74) is 1.60. The van der Waals surface area contributed by atoms with Crippen molar-refractivity contribution in [3.63, 3.8) is 0 Å². The van der Waals surface area contributed by atoms with Gasteiger partial charge in [-0.3, -0.25) is 14.4 Å². The summed E-state index contributed by atoms with van der Waals surface area (Å²) in [6.07, 6.45) is 9.48. The van der Waals surface area contributed by atoms with E-state index in [9.17, 15) is 19.6 Å². The summed E-state index contributed by atoms with van der Waals surface area (Å²) in [6.45, 7) is 12.4. The van der Waals surface area contributed by atoms with Crippen LogP contribution in [0.3, 0.4) is 0 Å². The molecule has 3 amide bonds. The van der Waals surface area contributed by atoms with Gasteiger partial charge in [0.05, 0.1) is 61.6 Å². The number of amides is 3. The number of benzene rings is 2. The predicted molar refractivity (Wildman–Crippen MR) is 259 cm³/mol. The molecule has 2 saturated carbocycles. The van der Waals surface area contributed by atoms with Gasteiger partial charge in [0.1, 0.15) is 35.4 Å². The minimum Gasteiger partial charge on any atom is -0.495 e. The van der Waals surface area contributed by atoms with Crippen LogP contribution in [-0.2, 0) is 14.3 Å². The van der Waals surface area contributed by atoms with Gasteiger partial charge in [-0.15, -0.1) is 0 Å². The van der Waals surface area contributed by atoms with E-state index in [4.69, 9.17) is 35.5 Å². The van der Waals surface area contributed by atoms with E-state index in [1.165, 1.54) is 19.5 Å². The highest BCUT2D eigenvalue weighted by Gasteiger charge is 2.64. The number of anilines is 5. The molecule has 1 aliphatic heterocycles. The summed E-state index contributed by atoms with van der Waals surface area (Å²) < 4.78 is 23.4. The molecule has 0 unspecified atom stereocenters. The number of nitriles is 1. The van der Waals surface area contributed by atoms with E-state index >= 15 is 0 Å². The van der Waals surface area contributed by atoms with Crippen LogP contribution >= 0.6 is 11.6 Å². The summed E-state index contributed by atoms with van der Waals surface area (Å²) in [5, 5.41) is 18.8. The third-order valence-electron chi connectivity index (χ3n) is 13.3. The summed E-state index contributed by atoms with van der Waals surface area (Å²) in [6, 6.07) is 12.0. The highest BCUT2D eigenvalue weighted by atomic mass is 35.5. The predicted octanol–water partition coefficient (Wildman–Crippen LogP) is 6.56. The van der Waals surface area contributed by atoms with E-state index in [-0.39, 0.29) is 42.0 Å². The van der Waals surface area contributed by atoms with Gasteiger partial charge < -0.3 is 49.6 Å². The van der Waals surface area contributed by atoms with E-state index in [0.29, 0.717) is 102 Å². The van der Waals surface area contributed by atoms with Gasteiger partial charge in [0.25, 0.3) is 11.8 Å². The van der Waals surface area contributed by atoms with Crippen LogP contribution in [0.15, 0.2) is 55.0 Å². The van der Waals surface area contributed by atoms with Crippen LogP contribution in [0.25, 0.3) is 0 Å². The first-order valence-electron chi connectivity index (χ1n) is 23.1. The smallest absolute Gasteiger partial charge is 0.254 e. The molecule has 362 valence electrons. The minimum atomic E-state index is -0.411. The Morgan fingerprint density at radius 1 is 0.941 bits per heavy atom. The van der Waals surface area contributed by atoms with Crippen molar-refractivity contribution in [2.45, 2.75) is 91.0 Å². The zero-order valence-corrected chi connectivity index (χ0v) is 40.9. The molecule has 0 spiro atoms. The summed E-state index contributed by atoms with van der Waals surface area (Å²) in [7, 11) is 5.15. The second-order valence-corrected chi connectivity index (χ2v) is 19.0. The second kappa shape index (κ2) is 21.3. The zero-order valence-electron chi connectivity index (χ0n) is 40.1. The van der Waals surface area contributed by atoms with Gasteiger partial charge in [0.2, 0.25) is 17.8 Å². The molecule has 7 rings (SSSR count). The fourth-order valence-electron chi connectivity index (χ4n) is 9.91. The van der Waals surface area contributed by atoms with Gasteiger partial charge >= 0.3 is 0 Å². The maximum absolute atomic E-state index is 13.3. The van der Waals surface area contributed by atoms with E-state index in [2.05, 4.69) is 41.9 Å². The Morgan fingerprint density at radius 2 is 1.65 bits per heavy atom. The van der Waals surface area contributed by atoms with Crippen LogP contribution in [0.2, 0.25) is 5.02 Å². The SMILES string of the molecule is CC[C@H]1C(=O)N(C)c2cnc(Nc3ccc(C(=O)NCCOCCOCCN(C)c4ncc(C(=O)NC5C(C)(C)C(Oc6ccc(C#N)c(Cl)c6)C5(C)C)cn4)cc3OC)nc2N1C1CCCC1. The minimum absolute atomic E-state index is 0.0560. The topological polar surface area (TPSA) is 209 Å². The number of aromatic nitrogens is 4. The standard InChI is InChI=1S/C49H62ClN11O7/c1-9-37-43(64)60(7)38-29-53-46(57-40(38)61(37)33-12-10-11-13-33)56-36-17-15-30(24-39(36)65-8)41(62)52-18-20-66-22-23-67-21-19-59(6)47-54-27-32(28-55-47)42(63)58-44-48(2,3)45(49(44,4)5)68-34-16-14-31(26-51)35(50)25-34/h14-17,24-25,27-29,33,37,44-45H,9-13,18-23H2,1-8H3,(H,52,62)(H,58,63)(H,53,56,57)/t37-,44?,45?/m0/s1. The van der Waals surface area contributed by atoms with Gasteiger partial charge in [0, 0.05) is 74.1 Å². The molecule has 2 aliphatic carbocycles. The summed E-state index contributed by atoms with van der Waals surface area (Å²) >= 11 is 6.23. The number of hydrogen-bond donors (Lipinski definition) is 3. The molecule has 19 heteroatoms. The van der Waals surface area contributed by atoms with Gasteiger partial charge in [0.15, 0.2) is 5.82 Å². The Balaban J connectivity index is 0.797. The van der Waals surface area contributed by atoms with Crippen molar-refractivity contribution >= 4 is 58.4 Å². The van der Waals surface area contributed by atoms with Crippen molar-refractivity contribution in [3.05, 3.63) is 76.7 Å². The molecular formula is C49H62ClN11O7. The maximum atomic E-state index is 13.3. The fourth-order valence-corrected chi connectivity index (χ4v) is 10.1. The van der Waals surface area contributed by atoms with Gasteiger partial charge in [-0.2, -0.15) is 10.2 Å². The van der Waals surface area contributed by atoms with Crippen LogP contribution < -0.4 is 40.1 Å². The Bertz CT molecular complexity index is 2480. The molecule has 3 N–H and O–H groups in total. The second-order valence-electron chi connectivity index (χ2n) is 18.6. The number of hydrogen-bond acceptors (Lipinski definition) is 15. The van der Waals surface area contributed by atoms with E-state index in [1.54, 1.807) is 54.5 Å². The molecule has 0 bridgehead atoms. The van der Waals surface area contributed by atoms with Crippen LogP contribution in [-0.4, -0.2) is 123 Å². The van der Waals surface area contributed by atoms with Crippen LogP contribution in [0, 0.1) is 22.2 Å². The number of ether oxygens (including phenoxy) is 4. The zero-order chi connectivity index (χ0) is 48.8. The van der Waals surface area contributed by atoms with Gasteiger partial charge in [-0.1, -0.05) is 59.1 Å². The number of rotatable bonds is 20. The molecule has 0 saturated heterocycles. The fraction of sp³-hybridized carbons (Fsp3) is 0.510. The first-order chi connectivity index (χ1) is 32.6. The molecule has 2 aromatic carbocycles. The average molecular weight is 953 g/mol. The van der Waals surface area contributed by atoms with Crippen molar-refractivity contribution < 1.29 is 33.3 Å². The molecule has 0 radical (unpaired) electrons. The lowest BCUT2D eigenvalue weighted by Gasteiger charge is -2.63. The number of fused-ring (bicyclic) bond motifs is 1. The number of likely N-dealkylation sites (N-methyl/N-ethyl adjacent to an activating group) is 2. The molecule has 4 aromatic rings. The lowest BCUT2D eigenvalue weighted by molar-refractivity contribution is -0.164. The van der Waals surface area contributed by atoms with Crippen LogP contribution in [0.5, 0.6) is 11.5 Å². The number of nitrogens with zero attached hydrogens (tertiary/aromatic N) is 8. The first-order valence-corrected chi connectivity index (χ1v) is 23.5. The normalized spacial score (nSPS) is 19.4. The number of methoxy groups -OCH3 is 1. The van der Waals surface area contributed by atoms with Crippen molar-refractivity contribution in [1.82, 2.24) is 30.6 Å². The Labute approximate surface area is 403 Å². The highest BCUT2D eigenvalue weighted by Crippen LogP contribution is 2.55. The van der Waals surface area contributed by atoms with Gasteiger partial charge in [-0.25, -0.2) is 15.0 Å². The molecule has 2 fully saturated rings. The van der Waals surface area contributed by atoms with Crippen LogP contribution in [0.1, 0.15) is 93.0 Å². The Morgan fingerprint density at radius 3 is 2.31 bits per heavy atom. The third-order valence-corrected chi connectivity index (χ3v) is 13.6. The van der Waals surface area contributed by atoms with Gasteiger partial charge in [-0.05, 0) is 49.6 Å². The quantitative estimate of drug-likeness (QED) is 0.0802. The molecule has 68 heavy (non-hydrogen) atoms. The largest absolute Gasteiger partial charge is 0.495 e. The lowest BCUT2D eigenvalue weighted by atomic mass is 9.49. The molecule has 3 aliphatic rings. The van der Waals surface area contributed by atoms with Crippen molar-refractivity contribution in [2.24, 2.45) is 10.8 Å². The summed E-state index contributed by atoms with van der Waals surface area (Å²) in [5.74, 6) is 2.08. The Kier molecular flexibility index (Phi) is 15.6. The molecule has 3 heterocycles. The monoisotopic (exact) mass is 951 g/mol. The highest BCUT2D eigenvalue weighted by molar-refractivity contribution is 6.31. The molecule has 2 aromatic heterocycles. The van der Waals surface area contributed by atoms with Crippen molar-refractivity contribution in [3.8, 4) is 17.6 Å². The van der Waals surface area contributed by atoms with Crippen LogP contribution in [0.4, 0.5) is 29.1 Å². The first kappa shape index (κ1) is 49.6.